The number of imidazole rings is 1. The number of hydrogen-bond donors (Lipinski definition) is 1. The van der Waals surface area contributed by atoms with Crippen molar-refractivity contribution in [2.75, 3.05) is 6.54 Å². The number of hydrogen-bond acceptors (Lipinski definition) is 3. The van der Waals surface area contributed by atoms with Gasteiger partial charge in [0, 0.05) is 30.1 Å². The van der Waals surface area contributed by atoms with Crippen LogP contribution in [-0.2, 0) is 6.42 Å². The van der Waals surface area contributed by atoms with E-state index >= 15 is 0 Å². The monoisotopic (exact) mass is 468 g/mol. The predicted octanol–water partition coefficient (Wildman–Crippen LogP) is 4.88. The zero-order valence-electron chi connectivity index (χ0n) is 19.4. The van der Waals surface area contributed by atoms with Crippen LogP contribution < -0.4 is 5.73 Å². The van der Waals surface area contributed by atoms with E-state index in [1.165, 1.54) is 23.3 Å². The molecule has 1 aliphatic carbocycles. The van der Waals surface area contributed by atoms with Gasteiger partial charge in [-0.2, -0.15) is 0 Å². The number of aromatic nitrogens is 2. The molecule has 7 heteroatoms. The molecule has 0 radical (unpaired) electrons. The summed E-state index contributed by atoms with van der Waals surface area (Å²) in [7, 11) is 0. The van der Waals surface area contributed by atoms with Crippen LogP contribution in [0.2, 0.25) is 0 Å². The third-order valence-electron chi connectivity index (χ3n) is 7.23. The minimum atomic E-state index is -0.681. The fraction of sp³-hybridized carbons (Fsp3) is 0.250. The van der Waals surface area contributed by atoms with Crippen molar-refractivity contribution < 1.29 is 14.0 Å². The maximum Gasteiger partial charge on any atom is 0.255 e. The third kappa shape index (κ3) is 3.67. The minimum absolute atomic E-state index is 0.0104. The number of amides is 2. The number of benzene rings is 2. The summed E-state index contributed by atoms with van der Waals surface area (Å²) in [4.78, 5) is 31.7. The van der Waals surface area contributed by atoms with Crippen LogP contribution in [0.15, 0.2) is 60.9 Å². The summed E-state index contributed by atoms with van der Waals surface area (Å²) in [5, 5.41) is 0. The first-order valence-corrected chi connectivity index (χ1v) is 11.9. The number of pyridine rings is 1. The van der Waals surface area contributed by atoms with Crippen molar-refractivity contribution in [2.24, 2.45) is 5.73 Å². The lowest BCUT2D eigenvalue weighted by Gasteiger charge is -2.35. The Balaban J connectivity index is 1.40. The fourth-order valence-corrected chi connectivity index (χ4v) is 5.16. The molecule has 1 saturated carbocycles. The van der Waals surface area contributed by atoms with Crippen molar-refractivity contribution in [1.29, 1.82) is 0 Å². The molecule has 2 N–H and O–H groups in total. The SMILES string of the molecule is C[C@@H]1c2ccccc2CCN1C(=O)c1cc(C2CC2)c2nc(-c3ccc(C(N)=O)cc3F)cn2c1. The summed E-state index contributed by atoms with van der Waals surface area (Å²) >= 11 is 0. The Kier molecular flexibility index (Phi) is 4.95. The van der Waals surface area contributed by atoms with E-state index in [0.717, 1.165) is 36.5 Å². The van der Waals surface area contributed by atoms with Gasteiger partial charge in [0.2, 0.25) is 5.91 Å². The van der Waals surface area contributed by atoms with Gasteiger partial charge in [-0.1, -0.05) is 24.3 Å². The van der Waals surface area contributed by atoms with Crippen LogP contribution in [0.1, 0.15) is 69.1 Å². The Morgan fingerprint density at radius 2 is 1.83 bits per heavy atom. The van der Waals surface area contributed by atoms with Gasteiger partial charge in [-0.05, 0) is 73.1 Å². The number of primary amides is 1. The number of nitrogens with zero attached hydrogens (tertiary/aromatic N) is 3. The summed E-state index contributed by atoms with van der Waals surface area (Å²) < 4.78 is 16.6. The maximum absolute atomic E-state index is 14.8. The Morgan fingerprint density at radius 3 is 2.57 bits per heavy atom. The van der Waals surface area contributed by atoms with Crippen molar-refractivity contribution in [2.45, 2.75) is 38.1 Å². The summed E-state index contributed by atoms with van der Waals surface area (Å²) in [6, 6.07) is 14.4. The van der Waals surface area contributed by atoms with E-state index in [2.05, 4.69) is 19.1 Å². The van der Waals surface area contributed by atoms with E-state index in [1.54, 1.807) is 12.4 Å². The molecule has 2 aromatic heterocycles. The van der Waals surface area contributed by atoms with Gasteiger partial charge in [0.15, 0.2) is 0 Å². The fourth-order valence-electron chi connectivity index (χ4n) is 5.16. The van der Waals surface area contributed by atoms with Gasteiger partial charge in [0.1, 0.15) is 11.5 Å². The largest absolute Gasteiger partial charge is 0.366 e. The molecule has 1 aliphatic heterocycles. The predicted molar refractivity (Wildman–Crippen MR) is 131 cm³/mol. The third-order valence-corrected chi connectivity index (χ3v) is 7.23. The highest BCUT2D eigenvalue weighted by Gasteiger charge is 2.32. The molecule has 0 saturated heterocycles. The van der Waals surface area contributed by atoms with Gasteiger partial charge in [-0.3, -0.25) is 9.59 Å². The van der Waals surface area contributed by atoms with Gasteiger partial charge in [-0.25, -0.2) is 9.37 Å². The van der Waals surface area contributed by atoms with Crippen molar-refractivity contribution in [3.8, 4) is 11.3 Å². The van der Waals surface area contributed by atoms with E-state index < -0.39 is 11.7 Å². The summed E-state index contributed by atoms with van der Waals surface area (Å²) in [6.07, 6.45) is 6.47. The zero-order valence-corrected chi connectivity index (χ0v) is 19.4. The van der Waals surface area contributed by atoms with Crippen molar-refractivity contribution >= 4 is 17.5 Å². The molecule has 0 spiro atoms. The topological polar surface area (TPSA) is 80.7 Å². The Hall–Kier alpha value is -4.00. The maximum atomic E-state index is 14.8. The Bertz CT molecular complexity index is 1500. The first-order valence-electron chi connectivity index (χ1n) is 11.9. The highest BCUT2D eigenvalue weighted by molar-refractivity contribution is 5.95. The molecule has 2 amide bonds. The van der Waals surface area contributed by atoms with Gasteiger partial charge in [0.05, 0.1) is 17.3 Å². The Labute approximate surface area is 202 Å². The van der Waals surface area contributed by atoms with Crippen molar-refractivity contribution in [1.82, 2.24) is 14.3 Å². The van der Waals surface area contributed by atoms with Crippen LogP contribution in [0.5, 0.6) is 0 Å². The highest BCUT2D eigenvalue weighted by Crippen LogP contribution is 2.43. The van der Waals surface area contributed by atoms with Gasteiger partial charge in [0.25, 0.3) is 5.91 Å². The molecule has 2 aliphatic rings. The molecule has 3 heterocycles. The summed E-state index contributed by atoms with van der Waals surface area (Å²) in [5.41, 5.74) is 11.0. The molecule has 0 unspecified atom stereocenters. The number of halogens is 1. The van der Waals surface area contributed by atoms with Crippen molar-refractivity contribution in [3.05, 3.63) is 94.6 Å². The summed E-state index contributed by atoms with van der Waals surface area (Å²) in [5.74, 6) is -0.904. The van der Waals surface area contributed by atoms with Crippen molar-refractivity contribution in [3.63, 3.8) is 0 Å². The van der Waals surface area contributed by atoms with Crippen LogP contribution in [0, 0.1) is 5.82 Å². The molecule has 0 bridgehead atoms. The number of carbonyl (C=O) groups is 2. The lowest BCUT2D eigenvalue weighted by Crippen LogP contribution is -2.39. The zero-order chi connectivity index (χ0) is 24.3. The molecule has 6 rings (SSSR count). The smallest absolute Gasteiger partial charge is 0.255 e. The molecule has 4 aromatic rings. The lowest BCUT2D eigenvalue weighted by atomic mass is 9.93. The highest BCUT2D eigenvalue weighted by atomic mass is 19.1. The normalized spacial score (nSPS) is 17.4. The van der Waals surface area contributed by atoms with E-state index in [0.29, 0.717) is 23.7 Å². The number of fused-ring (bicyclic) bond motifs is 2. The van der Waals surface area contributed by atoms with Crippen LogP contribution in [-0.4, -0.2) is 32.6 Å². The average Bonchev–Trinajstić information content (AvgIpc) is 3.61. The second kappa shape index (κ2) is 8.05. The molecular weight excluding hydrogens is 443 g/mol. The second-order valence-electron chi connectivity index (χ2n) is 9.50. The number of nitrogens with two attached hydrogens (primary N) is 1. The standard InChI is InChI=1S/C28H25FN4O2/c1-16-21-5-3-2-4-17(21)10-11-33(16)28(35)20-12-23(18-6-7-18)27-31-25(15-32(27)14-20)22-9-8-19(26(30)34)13-24(22)29/h2-5,8-9,12-16,18H,6-7,10-11H2,1H3,(H2,30,34)/t16-/m1/s1. The van der Waals surface area contributed by atoms with Crippen LogP contribution in [0.3, 0.4) is 0 Å². The number of carbonyl (C=O) groups excluding carboxylic acids is 2. The minimum Gasteiger partial charge on any atom is -0.366 e. The van der Waals surface area contributed by atoms with Crippen LogP contribution in [0.25, 0.3) is 16.9 Å². The van der Waals surface area contributed by atoms with Gasteiger partial charge in [-0.15, -0.1) is 0 Å². The average molecular weight is 469 g/mol. The van der Waals surface area contributed by atoms with E-state index in [-0.39, 0.29) is 23.1 Å². The Morgan fingerprint density at radius 1 is 1.03 bits per heavy atom. The van der Waals surface area contributed by atoms with E-state index in [4.69, 9.17) is 10.7 Å². The van der Waals surface area contributed by atoms with E-state index in [1.807, 2.05) is 27.5 Å². The first-order chi connectivity index (χ1) is 16.9. The van der Waals surface area contributed by atoms with Gasteiger partial charge >= 0.3 is 0 Å². The van der Waals surface area contributed by atoms with Gasteiger partial charge < -0.3 is 15.0 Å². The van der Waals surface area contributed by atoms with Crippen LogP contribution >= 0.6 is 0 Å². The summed E-state index contributed by atoms with van der Waals surface area (Å²) in [6.45, 7) is 2.74. The lowest BCUT2D eigenvalue weighted by molar-refractivity contribution is 0.0677. The molecule has 1 atom stereocenters. The molecule has 6 nitrogen and oxygen atoms in total. The quantitative estimate of drug-likeness (QED) is 0.464. The second-order valence-corrected chi connectivity index (χ2v) is 9.50. The molecule has 2 aromatic carbocycles. The van der Waals surface area contributed by atoms with Crippen LogP contribution in [0.4, 0.5) is 4.39 Å². The molecular formula is C28H25FN4O2. The number of rotatable bonds is 4. The molecule has 176 valence electrons. The first kappa shape index (κ1) is 21.5. The molecule has 35 heavy (non-hydrogen) atoms. The van der Waals surface area contributed by atoms with E-state index in [9.17, 15) is 14.0 Å². The molecule has 1 fully saturated rings.